The standard InChI is InChI=1S/C22H22ClN3O4/c1-5-12(14-9-6-10(2)30-14)24-17-18(20(28)19(17)27)25-13-8-7-11(23)16-15(13)21(29)26-22(16,3)4/h6-9,12,24-25H,5H2,1-4H3,(H,26,29)/t12-/m1/s1/i12D. The highest BCUT2D eigenvalue weighted by atomic mass is 35.5. The number of halogens is 1. The van der Waals surface area contributed by atoms with Gasteiger partial charge in [0, 0.05) is 10.6 Å². The van der Waals surface area contributed by atoms with Crippen molar-refractivity contribution in [3.63, 3.8) is 0 Å². The first-order chi connectivity index (χ1) is 14.5. The zero-order valence-electron chi connectivity index (χ0n) is 18.0. The number of furan rings is 1. The molecule has 1 amide bonds. The van der Waals surface area contributed by atoms with Gasteiger partial charge in [0.05, 0.1) is 24.2 Å². The third-order valence-corrected chi connectivity index (χ3v) is 5.58. The van der Waals surface area contributed by atoms with Crippen molar-refractivity contribution in [2.75, 3.05) is 10.6 Å². The van der Waals surface area contributed by atoms with Crippen LogP contribution in [0.3, 0.4) is 0 Å². The van der Waals surface area contributed by atoms with Gasteiger partial charge in [-0.15, -0.1) is 0 Å². The van der Waals surface area contributed by atoms with Gasteiger partial charge in [0.2, 0.25) is 0 Å². The number of amides is 1. The molecule has 0 spiro atoms. The monoisotopic (exact) mass is 428 g/mol. The largest absolute Gasteiger partial charge is 0.464 e. The number of nitrogens with one attached hydrogen (secondary N) is 3. The van der Waals surface area contributed by atoms with Gasteiger partial charge in [0.25, 0.3) is 16.8 Å². The van der Waals surface area contributed by atoms with Crippen molar-refractivity contribution in [1.82, 2.24) is 5.32 Å². The summed E-state index contributed by atoms with van der Waals surface area (Å²) in [6.07, 6.45) is 0.283. The minimum Gasteiger partial charge on any atom is -0.464 e. The summed E-state index contributed by atoms with van der Waals surface area (Å²) in [4.78, 5) is 37.3. The second-order valence-corrected chi connectivity index (χ2v) is 8.23. The van der Waals surface area contributed by atoms with Gasteiger partial charge in [-0.2, -0.15) is 0 Å². The zero-order chi connectivity index (χ0) is 22.7. The molecule has 3 N–H and O–H groups in total. The van der Waals surface area contributed by atoms with Crippen molar-refractivity contribution in [2.45, 2.75) is 45.7 Å². The van der Waals surface area contributed by atoms with E-state index in [1.165, 1.54) is 0 Å². The van der Waals surface area contributed by atoms with Gasteiger partial charge in [-0.05, 0) is 51.5 Å². The normalized spacial score (nSPS) is 17.2. The number of carbonyl (C=O) groups excluding carboxylic acids is 1. The van der Waals surface area contributed by atoms with Gasteiger partial charge < -0.3 is 20.4 Å². The lowest BCUT2D eigenvalue weighted by molar-refractivity contribution is 0.0941. The maximum Gasteiger partial charge on any atom is 0.254 e. The van der Waals surface area contributed by atoms with E-state index in [0.717, 1.165) is 0 Å². The number of fused-ring (bicyclic) bond motifs is 1. The molecule has 1 aromatic heterocycles. The molecule has 2 heterocycles. The molecule has 1 atom stereocenters. The van der Waals surface area contributed by atoms with Crippen LogP contribution in [0.25, 0.3) is 0 Å². The van der Waals surface area contributed by atoms with Crippen LogP contribution < -0.4 is 26.8 Å². The maximum atomic E-state index is 12.6. The smallest absolute Gasteiger partial charge is 0.254 e. The molecule has 0 bridgehead atoms. The summed E-state index contributed by atoms with van der Waals surface area (Å²) in [6, 6.07) is 5.18. The van der Waals surface area contributed by atoms with E-state index in [9.17, 15) is 14.4 Å². The lowest BCUT2D eigenvalue weighted by Gasteiger charge is -2.22. The summed E-state index contributed by atoms with van der Waals surface area (Å²) in [5.41, 5.74) is -0.843. The van der Waals surface area contributed by atoms with Gasteiger partial charge in [0.15, 0.2) is 0 Å². The molecule has 2 aromatic carbocycles. The third kappa shape index (κ3) is 3.10. The van der Waals surface area contributed by atoms with Crippen LogP contribution in [0.5, 0.6) is 0 Å². The number of anilines is 3. The molecule has 0 fully saturated rings. The minimum absolute atomic E-state index is 0.000353. The molecule has 3 aromatic rings. The van der Waals surface area contributed by atoms with Gasteiger partial charge in [0.1, 0.15) is 22.9 Å². The Balaban J connectivity index is 1.73. The van der Waals surface area contributed by atoms with Gasteiger partial charge in [-0.1, -0.05) is 18.5 Å². The predicted molar refractivity (Wildman–Crippen MR) is 117 cm³/mol. The van der Waals surface area contributed by atoms with E-state index in [1.807, 2.05) is 13.8 Å². The lowest BCUT2D eigenvalue weighted by atomic mass is 9.93. The van der Waals surface area contributed by atoms with Crippen LogP contribution >= 0.6 is 11.6 Å². The molecule has 0 saturated heterocycles. The van der Waals surface area contributed by atoms with E-state index in [2.05, 4.69) is 16.0 Å². The molecule has 0 aliphatic carbocycles. The lowest BCUT2D eigenvalue weighted by Crippen LogP contribution is -2.37. The Hall–Kier alpha value is -3.06. The molecule has 7 nitrogen and oxygen atoms in total. The van der Waals surface area contributed by atoms with E-state index in [0.29, 0.717) is 33.4 Å². The fourth-order valence-electron chi connectivity index (χ4n) is 3.77. The summed E-state index contributed by atoms with van der Waals surface area (Å²) < 4.78 is 14.3. The van der Waals surface area contributed by atoms with Crippen LogP contribution in [0.1, 0.15) is 62.0 Å². The van der Waals surface area contributed by atoms with Crippen LogP contribution in [0, 0.1) is 6.92 Å². The number of benzene rings is 1. The highest BCUT2D eigenvalue weighted by molar-refractivity contribution is 6.32. The number of aryl methyl sites for hydroxylation is 1. The molecule has 1 aliphatic heterocycles. The first-order valence-corrected chi connectivity index (χ1v) is 9.97. The molecule has 4 rings (SSSR count). The Bertz CT molecular complexity index is 1290. The summed E-state index contributed by atoms with van der Waals surface area (Å²) in [5.74, 6) is 0.642. The first-order valence-electron chi connectivity index (χ1n) is 10.1. The molecular weight excluding hydrogens is 406 g/mol. The second-order valence-electron chi connectivity index (χ2n) is 7.82. The Morgan fingerprint density at radius 3 is 2.50 bits per heavy atom. The first kappa shape index (κ1) is 18.9. The molecule has 156 valence electrons. The Morgan fingerprint density at radius 2 is 1.87 bits per heavy atom. The Kier molecular flexibility index (Phi) is 4.43. The number of carbonyl (C=O) groups is 1. The van der Waals surface area contributed by atoms with E-state index >= 15 is 0 Å². The van der Waals surface area contributed by atoms with Crippen molar-refractivity contribution in [1.29, 1.82) is 0 Å². The average molecular weight is 429 g/mol. The molecule has 0 radical (unpaired) electrons. The van der Waals surface area contributed by atoms with Crippen LogP contribution in [0.2, 0.25) is 5.02 Å². The fourth-order valence-corrected chi connectivity index (χ4v) is 4.17. The summed E-state index contributed by atoms with van der Waals surface area (Å²) >= 11 is 6.33. The van der Waals surface area contributed by atoms with Crippen LogP contribution in [0.4, 0.5) is 17.1 Å². The van der Waals surface area contributed by atoms with Gasteiger partial charge in [-0.3, -0.25) is 14.4 Å². The Labute approximate surface area is 179 Å². The van der Waals surface area contributed by atoms with Crippen molar-refractivity contribution in [3.8, 4) is 0 Å². The van der Waals surface area contributed by atoms with Gasteiger partial charge >= 0.3 is 0 Å². The SMILES string of the molecule is [2H][C@](CC)(Nc1c(Nc2ccc(Cl)c3c2C(=O)NC3(C)C)c(=O)c1=O)c1ccc(C)o1. The highest BCUT2D eigenvalue weighted by Gasteiger charge is 2.39. The maximum absolute atomic E-state index is 12.6. The molecule has 8 heteroatoms. The van der Waals surface area contributed by atoms with Crippen molar-refractivity contribution < 1.29 is 10.6 Å². The van der Waals surface area contributed by atoms with E-state index in [4.69, 9.17) is 17.4 Å². The topological polar surface area (TPSA) is 100 Å². The molecular formula is C22H22ClN3O4. The van der Waals surface area contributed by atoms with Crippen molar-refractivity contribution in [3.05, 3.63) is 72.4 Å². The van der Waals surface area contributed by atoms with Gasteiger partial charge in [-0.25, -0.2) is 0 Å². The Morgan fingerprint density at radius 1 is 1.17 bits per heavy atom. The van der Waals surface area contributed by atoms with Crippen molar-refractivity contribution in [2.24, 2.45) is 0 Å². The fraction of sp³-hybridized carbons (Fsp3) is 0.318. The van der Waals surface area contributed by atoms with Crippen LogP contribution in [-0.4, -0.2) is 5.91 Å². The van der Waals surface area contributed by atoms with Crippen molar-refractivity contribution >= 4 is 34.6 Å². The van der Waals surface area contributed by atoms with E-state index in [1.54, 1.807) is 38.1 Å². The van der Waals surface area contributed by atoms with Crippen LogP contribution in [0.15, 0.2) is 38.3 Å². The number of hydrogen-bond acceptors (Lipinski definition) is 6. The molecule has 30 heavy (non-hydrogen) atoms. The van der Waals surface area contributed by atoms with Crippen LogP contribution in [-0.2, 0) is 5.54 Å². The summed E-state index contributed by atoms with van der Waals surface area (Å²) in [7, 11) is 0. The van der Waals surface area contributed by atoms with E-state index < -0.39 is 22.4 Å². The predicted octanol–water partition coefficient (Wildman–Crippen LogP) is 4.12. The quantitative estimate of drug-likeness (QED) is 0.510. The number of hydrogen-bond donors (Lipinski definition) is 3. The number of rotatable bonds is 6. The summed E-state index contributed by atoms with van der Waals surface area (Å²) in [5, 5.41) is 9.07. The summed E-state index contributed by atoms with van der Waals surface area (Å²) in [6.45, 7) is 7.20. The molecule has 0 saturated carbocycles. The third-order valence-electron chi connectivity index (χ3n) is 5.27. The second kappa shape index (κ2) is 7.02. The highest BCUT2D eigenvalue weighted by Crippen LogP contribution is 2.41. The molecule has 0 unspecified atom stereocenters. The average Bonchev–Trinajstić information content (AvgIpc) is 3.26. The minimum atomic E-state index is -1.44. The zero-order valence-corrected chi connectivity index (χ0v) is 17.8. The molecule has 1 aliphatic rings. The van der Waals surface area contributed by atoms with E-state index in [-0.39, 0.29) is 23.7 Å².